The van der Waals surface area contributed by atoms with Crippen LogP contribution in [0, 0.1) is 0 Å². The van der Waals surface area contributed by atoms with E-state index in [1.807, 2.05) is 84.9 Å². The number of benzene rings is 4. The molecule has 8 heteroatoms. The largest absolute Gasteiger partial charge is 0.392 e. The highest BCUT2D eigenvalue weighted by atomic mass is 32.2. The highest BCUT2D eigenvalue weighted by Crippen LogP contribution is 2.40. The zero-order chi connectivity index (χ0) is 31.5. The van der Waals surface area contributed by atoms with Gasteiger partial charge in [0.05, 0.1) is 41.5 Å². The number of fused-ring (bicyclic) bond motifs is 1. The van der Waals surface area contributed by atoms with E-state index in [0.29, 0.717) is 17.5 Å². The molecule has 1 fully saturated rings. The van der Waals surface area contributed by atoms with Gasteiger partial charge < -0.3 is 14.6 Å². The molecule has 7 nitrogen and oxygen atoms in total. The third kappa shape index (κ3) is 6.38. The van der Waals surface area contributed by atoms with Crippen LogP contribution in [0.25, 0.3) is 11.1 Å². The quantitative estimate of drug-likeness (QED) is 0.135. The summed E-state index contributed by atoms with van der Waals surface area (Å²) < 4.78 is 13.1. The van der Waals surface area contributed by atoms with Crippen molar-refractivity contribution in [2.75, 3.05) is 5.75 Å². The van der Waals surface area contributed by atoms with E-state index in [0.717, 1.165) is 44.2 Å². The molecule has 0 saturated carbocycles. The molecule has 4 aromatic carbocycles. The van der Waals surface area contributed by atoms with Crippen LogP contribution in [0.5, 0.6) is 0 Å². The van der Waals surface area contributed by atoms with E-state index >= 15 is 0 Å². The Morgan fingerprint density at radius 1 is 0.739 bits per heavy atom. The summed E-state index contributed by atoms with van der Waals surface area (Å²) >= 11 is 1.66. The molecule has 1 aromatic heterocycles. The number of nitrogens with zero attached hydrogens (tertiary/aromatic N) is 2. The Morgan fingerprint density at radius 3 is 2.17 bits per heavy atom. The Morgan fingerprint density at radius 2 is 1.46 bits per heavy atom. The molecule has 2 amide bonds. The van der Waals surface area contributed by atoms with Crippen molar-refractivity contribution in [3.8, 4) is 11.1 Å². The third-order valence-corrected chi connectivity index (χ3v) is 9.38. The first-order chi connectivity index (χ1) is 22.6. The molecule has 3 atom stereocenters. The summed E-state index contributed by atoms with van der Waals surface area (Å²) in [5.74, 6) is 0.189. The predicted molar refractivity (Wildman–Crippen MR) is 176 cm³/mol. The normalized spacial score (nSPS) is 19.3. The maximum absolute atomic E-state index is 13.0. The molecule has 0 bridgehead atoms. The third-order valence-electron chi connectivity index (χ3n) is 8.31. The zero-order valence-corrected chi connectivity index (χ0v) is 25.8. The Bertz CT molecular complexity index is 1830. The van der Waals surface area contributed by atoms with Crippen LogP contribution >= 0.6 is 11.8 Å². The Kier molecular flexibility index (Phi) is 8.76. The number of ether oxygens (including phenoxy) is 2. The first-order valence-corrected chi connectivity index (χ1v) is 16.2. The van der Waals surface area contributed by atoms with Gasteiger partial charge >= 0.3 is 0 Å². The summed E-state index contributed by atoms with van der Waals surface area (Å²) in [6.45, 7) is 0.189. The van der Waals surface area contributed by atoms with Gasteiger partial charge in [0.1, 0.15) is 0 Å². The number of rotatable bonds is 9. The van der Waals surface area contributed by atoms with E-state index in [-0.39, 0.29) is 37.2 Å². The van der Waals surface area contributed by atoms with Crippen LogP contribution in [0.3, 0.4) is 0 Å². The van der Waals surface area contributed by atoms with E-state index in [2.05, 4.69) is 11.1 Å². The summed E-state index contributed by atoms with van der Waals surface area (Å²) in [5, 5.41) is 10.5. The van der Waals surface area contributed by atoms with Gasteiger partial charge in [-0.3, -0.25) is 14.5 Å². The number of carbonyl (C=O) groups is 2. The van der Waals surface area contributed by atoms with Gasteiger partial charge in [-0.25, -0.2) is 4.98 Å². The monoisotopic (exact) mass is 628 g/mol. The summed E-state index contributed by atoms with van der Waals surface area (Å²) in [4.78, 5) is 31.7. The fourth-order valence-corrected chi connectivity index (χ4v) is 6.79. The van der Waals surface area contributed by atoms with E-state index < -0.39 is 6.29 Å². The molecular formula is C38H32N2O5S. The Balaban J connectivity index is 1.12. The minimum Gasteiger partial charge on any atom is -0.392 e. The average Bonchev–Trinajstić information content (AvgIpc) is 3.36. The second kappa shape index (κ2) is 13.4. The Labute approximate surface area is 271 Å². The van der Waals surface area contributed by atoms with Crippen LogP contribution in [-0.4, -0.2) is 38.7 Å². The predicted octanol–water partition coefficient (Wildman–Crippen LogP) is 7.37. The lowest BCUT2D eigenvalue weighted by molar-refractivity contribution is -0.245. The fraction of sp³-hybridized carbons (Fsp3) is 0.184. The molecule has 230 valence electrons. The van der Waals surface area contributed by atoms with Crippen LogP contribution < -0.4 is 0 Å². The molecule has 46 heavy (non-hydrogen) atoms. The first kappa shape index (κ1) is 30.1. The Hall–Kier alpha value is -4.60. The van der Waals surface area contributed by atoms with Gasteiger partial charge in [-0.15, -0.1) is 11.8 Å². The standard InChI is InChI=1S/C38H32N2O5S/c41-23-25-14-16-27(17-15-25)34-21-31(24-46-35-13-3-4-18-39-35)44-38(45-34)30-10-6-9-29(20-30)28-8-5-7-26(19-28)22-40-36(42)32-11-1-2-12-33(32)37(40)43/h1-20,31,34,38,41H,21-24H2/t31-,34+,38+/m0/s1. The number of aromatic nitrogens is 1. The van der Waals surface area contributed by atoms with Crippen molar-refractivity contribution in [2.45, 2.75) is 43.1 Å². The highest BCUT2D eigenvalue weighted by molar-refractivity contribution is 7.99. The highest BCUT2D eigenvalue weighted by Gasteiger charge is 2.35. The van der Waals surface area contributed by atoms with Crippen molar-refractivity contribution in [2.24, 2.45) is 0 Å². The van der Waals surface area contributed by atoms with Gasteiger partial charge in [0.2, 0.25) is 0 Å². The minimum absolute atomic E-state index is 0.00678. The van der Waals surface area contributed by atoms with E-state index in [9.17, 15) is 14.7 Å². The summed E-state index contributed by atoms with van der Waals surface area (Å²) in [5.41, 5.74) is 6.48. The van der Waals surface area contributed by atoms with Crippen LogP contribution in [-0.2, 0) is 22.6 Å². The number of thioether (sulfide) groups is 1. The minimum atomic E-state index is -0.591. The fourth-order valence-electron chi connectivity index (χ4n) is 5.91. The maximum Gasteiger partial charge on any atom is 0.261 e. The molecule has 1 saturated heterocycles. The number of imide groups is 1. The van der Waals surface area contributed by atoms with Gasteiger partial charge in [-0.2, -0.15) is 0 Å². The molecule has 0 unspecified atom stereocenters. The molecule has 2 aliphatic heterocycles. The van der Waals surface area contributed by atoms with Crippen LogP contribution in [0.1, 0.15) is 61.8 Å². The van der Waals surface area contributed by atoms with Crippen molar-refractivity contribution < 1.29 is 24.2 Å². The topological polar surface area (TPSA) is 89.0 Å². The van der Waals surface area contributed by atoms with Crippen LogP contribution in [0.2, 0.25) is 0 Å². The van der Waals surface area contributed by atoms with Crippen molar-refractivity contribution >= 4 is 23.6 Å². The summed E-state index contributed by atoms with van der Waals surface area (Å²) in [7, 11) is 0. The summed E-state index contributed by atoms with van der Waals surface area (Å²) in [6.07, 6.45) is 1.62. The summed E-state index contributed by atoms with van der Waals surface area (Å²) in [6, 6.07) is 36.7. The SMILES string of the molecule is O=C1c2ccccc2C(=O)N1Cc1cccc(-c2cccc([C@@H]3O[C@H](CSc4ccccn4)C[C@H](c4ccc(CO)cc4)O3)c2)c1. The van der Waals surface area contributed by atoms with Gasteiger partial charge in [-0.05, 0) is 64.2 Å². The molecule has 0 radical (unpaired) electrons. The molecule has 3 heterocycles. The molecule has 5 aromatic rings. The maximum atomic E-state index is 13.0. The smallest absolute Gasteiger partial charge is 0.261 e. The molecule has 7 rings (SSSR count). The molecule has 1 N–H and O–H groups in total. The lowest BCUT2D eigenvalue weighted by Crippen LogP contribution is -2.31. The van der Waals surface area contributed by atoms with Crippen LogP contribution in [0.4, 0.5) is 0 Å². The van der Waals surface area contributed by atoms with Crippen molar-refractivity contribution in [3.05, 3.63) is 155 Å². The lowest BCUT2D eigenvalue weighted by Gasteiger charge is -2.36. The molecular weight excluding hydrogens is 596 g/mol. The first-order valence-electron chi connectivity index (χ1n) is 15.2. The number of amides is 2. The van der Waals surface area contributed by atoms with E-state index in [1.165, 1.54) is 4.90 Å². The zero-order valence-electron chi connectivity index (χ0n) is 25.0. The average molecular weight is 629 g/mol. The van der Waals surface area contributed by atoms with Gasteiger partial charge in [0.15, 0.2) is 6.29 Å². The molecule has 0 spiro atoms. The second-order valence-corrected chi connectivity index (χ2v) is 12.4. The van der Waals surface area contributed by atoms with Gasteiger partial charge in [-0.1, -0.05) is 78.9 Å². The molecule has 2 aliphatic rings. The van der Waals surface area contributed by atoms with Crippen molar-refractivity contribution in [1.29, 1.82) is 0 Å². The molecule has 0 aliphatic carbocycles. The van der Waals surface area contributed by atoms with Crippen molar-refractivity contribution in [1.82, 2.24) is 9.88 Å². The number of hydrogen-bond acceptors (Lipinski definition) is 7. The number of aliphatic hydroxyl groups is 1. The van der Waals surface area contributed by atoms with Crippen LogP contribution in [0.15, 0.2) is 126 Å². The number of carbonyl (C=O) groups excluding carboxylic acids is 2. The van der Waals surface area contributed by atoms with E-state index in [1.54, 1.807) is 42.2 Å². The van der Waals surface area contributed by atoms with Gasteiger partial charge in [0, 0.05) is 23.9 Å². The number of hydrogen-bond donors (Lipinski definition) is 1. The second-order valence-electron chi connectivity index (χ2n) is 11.4. The van der Waals surface area contributed by atoms with Gasteiger partial charge in [0.25, 0.3) is 11.8 Å². The van der Waals surface area contributed by atoms with Crippen molar-refractivity contribution in [3.63, 3.8) is 0 Å². The number of aliphatic hydroxyl groups excluding tert-OH is 1. The lowest BCUT2D eigenvalue weighted by atomic mass is 9.99. The van der Waals surface area contributed by atoms with E-state index in [4.69, 9.17) is 9.47 Å². The number of pyridine rings is 1.